The van der Waals surface area contributed by atoms with E-state index >= 15 is 0 Å². The van der Waals surface area contributed by atoms with Gasteiger partial charge in [-0.2, -0.15) is 0 Å². The quantitative estimate of drug-likeness (QED) is 0.577. The molecule has 0 radical (unpaired) electrons. The summed E-state index contributed by atoms with van der Waals surface area (Å²) in [7, 11) is -3.64. The molecule has 0 fully saturated rings. The third-order valence-electron chi connectivity index (χ3n) is 3.81. The van der Waals surface area contributed by atoms with Gasteiger partial charge in [-0.05, 0) is 36.2 Å². The molecule has 2 N–H and O–H groups in total. The molecule has 0 heterocycles. The largest absolute Gasteiger partial charge is 0.377 e. The van der Waals surface area contributed by atoms with Crippen LogP contribution in [0.1, 0.15) is 24.5 Å². The molecule has 0 aliphatic heterocycles. The summed E-state index contributed by atoms with van der Waals surface area (Å²) in [6.07, 6.45) is 0.0564. The third kappa shape index (κ3) is 7.06. The van der Waals surface area contributed by atoms with Crippen molar-refractivity contribution in [3.8, 4) is 0 Å². The fourth-order valence-electron chi connectivity index (χ4n) is 2.38. The SMILES string of the molecule is CCOCc1ccccc1CNC(=O)CCNS(=O)(=O)c1cccc(Br)c1. The predicted octanol–water partition coefficient (Wildman–Crippen LogP) is 2.97. The third-order valence-corrected chi connectivity index (χ3v) is 5.76. The second-order valence-corrected chi connectivity index (χ2v) is 8.47. The van der Waals surface area contributed by atoms with Crippen LogP contribution in [-0.2, 0) is 32.7 Å². The Labute approximate surface area is 168 Å². The molecule has 0 unspecified atom stereocenters. The number of rotatable bonds is 10. The molecule has 27 heavy (non-hydrogen) atoms. The fraction of sp³-hybridized carbons (Fsp3) is 0.316. The monoisotopic (exact) mass is 454 g/mol. The van der Waals surface area contributed by atoms with Gasteiger partial charge in [-0.15, -0.1) is 0 Å². The number of nitrogens with one attached hydrogen (secondary N) is 2. The highest BCUT2D eigenvalue weighted by Gasteiger charge is 2.14. The summed E-state index contributed by atoms with van der Waals surface area (Å²) in [5.41, 5.74) is 2.00. The van der Waals surface area contributed by atoms with E-state index in [0.29, 0.717) is 24.2 Å². The molecule has 0 saturated heterocycles. The predicted molar refractivity (Wildman–Crippen MR) is 108 cm³/mol. The van der Waals surface area contributed by atoms with Gasteiger partial charge in [0.25, 0.3) is 0 Å². The number of amides is 1. The number of hydrogen-bond acceptors (Lipinski definition) is 4. The second-order valence-electron chi connectivity index (χ2n) is 5.79. The number of carbonyl (C=O) groups is 1. The fourth-order valence-corrected chi connectivity index (χ4v) is 4.01. The van der Waals surface area contributed by atoms with Crippen molar-refractivity contribution in [1.29, 1.82) is 0 Å². The van der Waals surface area contributed by atoms with Crippen LogP contribution in [0.5, 0.6) is 0 Å². The molecule has 1 amide bonds. The lowest BCUT2D eigenvalue weighted by atomic mass is 10.1. The number of sulfonamides is 1. The smallest absolute Gasteiger partial charge is 0.240 e. The lowest BCUT2D eigenvalue weighted by Crippen LogP contribution is -2.30. The molecule has 0 bridgehead atoms. The molecule has 0 aromatic heterocycles. The van der Waals surface area contributed by atoms with E-state index in [0.717, 1.165) is 11.1 Å². The minimum absolute atomic E-state index is 0.0290. The summed E-state index contributed by atoms with van der Waals surface area (Å²) in [5, 5.41) is 2.81. The molecule has 0 aliphatic carbocycles. The highest BCUT2D eigenvalue weighted by atomic mass is 79.9. The summed E-state index contributed by atoms with van der Waals surface area (Å²) in [6, 6.07) is 14.1. The molecule has 8 heteroatoms. The molecule has 146 valence electrons. The van der Waals surface area contributed by atoms with Crippen molar-refractivity contribution in [2.45, 2.75) is 31.4 Å². The van der Waals surface area contributed by atoms with Crippen molar-refractivity contribution in [2.75, 3.05) is 13.2 Å². The van der Waals surface area contributed by atoms with E-state index in [1.165, 1.54) is 12.1 Å². The average molecular weight is 455 g/mol. The summed E-state index contributed by atoms with van der Waals surface area (Å²) in [4.78, 5) is 12.2. The minimum Gasteiger partial charge on any atom is -0.377 e. The van der Waals surface area contributed by atoms with Crippen molar-refractivity contribution in [2.24, 2.45) is 0 Å². The first-order valence-electron chi connectivity index (χ1n) is 8.59. The highest BCUT2D eigenvalue weighted by molar-refractivity contribution is 9.10. The van der Waals surface area contributed by atoms with Gasteiger partial charge >= 0.3 is 0 Å². The van der Waals surface area contributed by atoms with Gasteiger partial charge in [-0.25, -0.2) is 13.1 Å². The van der Waals surface area contributed by atoms with Crippen LogP contribution in [0.4, 0.5) is 0 Å². The Hall–Kier alpha value is -1.74. The lowest BCUT2D eigenvalue weighted by Gasteiger charge is -2.11. The Morgan fingerprint density at radius 1 is 1.11 bits per heavy atom. The van der Waals surface area contributed by atoms with Crippen molar-refractivity contribution in [3.05, 3.63) is 64.1 Å². The van der Waals surface area contributed by atoms with E-state index in [9.17, 15) is 13.2 Å². The molecule has 2 aromatic carbocycles. The number of hydrogen-bond donors (Lipinski definition) is 2. The molecule has 6 nitrogen and oxygen atoms in total. The number of benzene rings is 2. The summed E-state index contributed by atoms with van der Waals surface area (Å²) in [6.45, 7) is 3.45. The van der Waals surface area contributed by atoms with Gasteiger partial charge in [0.2, 0.25) is 15.9 Å². The van der Waals surface area contributed by atoms with Crippen LogP contribution in [0.3, 0.4) is 0 Å². The van der Waals surface area contributed by atoms with Crippen LogP contribution in [0, 0.1) is 0 Å². The number of halogens is 1. The molecule has 0 atom stereocenters. The first kappa shape index (κ1) is 21.6. The van der Waals surface area contributed by atoms with Crippen LogP contribution in [0.25, 0.3) is 0 Å². The Morgan fingerprint density at radius 3 is 2.56 bits per heavy atom. The second kappa shape index (κ2) is 10.6. The van der Waals surface area contributed by atoms with Gasteiger partial charge in [0, 0.05) is 30.6 Å². The van der Waals surface area contributed by atoms with Crippen LogP contribution >= 0.6 is 15.9 Å². The zero-order valence-electron chi connectivity index (χ0n) is 15.1. The first-order valence-corrected chi connectivity index (χ1v) is 10.9. The molecular formula is C19H23BrN2O4S. The Balaban J connectivity index is 1.82. The maximum absolute atomic E-state index is 12.2. The molecule has 0 aliphatic rings. The van der Waals surface area contributed by atoms with Crippen molar-refractivity contribution in [3.63, 3.8) is 0 Å². The molecule has 2 rings (SSSR count). The molecule has 0 saturated carbocycles. The van der Waals surface area contributed by atoms with E-state index in [1.807, 2.05) is 31.2 Å². The van der Waals surface area contributed by atoms with Crippen molar-refractivity contribution >= 4 is 31.9 Å². The van der Waals surface area contributed by atoms with Gasteiger partial charge in [0.15, 0.2) is 0 Å². The topological polar surface area (TPSA) is 84.5 Å². The van der Waals surface area contributed by atoms with Gasteiger partial charge in [-0.3, -0.25) is 4.79 Å². The molecular weight excluding hydrogens is 432 g/mol. The Bertz CT molecular complexity index is 872. The van der Waals surface area contributed by atoms with Gasteiger partial charge in [-0.1, -0.05) is 46.3 Å². The molecule has 0 spiro atoms. The van der Waals surface area contributed by atoms with Gasteiger partial charge < -0.3 is 10.1 Å². The zero-order valence-corrected chi connectivity index (χ0v) is 17.5. The van der Waals surface area contributed by atoms with E-state index in [4.69, 9.17) is 4.74 Å². The number of ether oxygens (including phenoxy) is 1. The van der Waals surface area contributed by atoms with Gasteiger partial charge in [0.1, 0.15) is 0 Å². The van der Waals surface area contributed by atoms with E-state index < -0.39 is 10.0 Å². The Kier molecular flexibility index (Phi) is 8.43. The summed E-state index contributed by atoms with van der Waals surface area (Å²) < 4.78 is 33.0. The Morgan fingerprint density at radius 2 is 1.85 bits per heavy atom. The lowest BCUT2D eigenvalue weighted by molar-refractivity contribution is -0.121. The van der Waals surface area contributed by atoms with Crippen molar-refractivity contribution < 1.29 is 17.9 Å². The van der Waals surface area contributed by atoms with Crippen molar-refractivity contribution in [1.82, 2.24) is 10.0 Å². The summed E-state index contributed by atoms with van der Waals surface area (Å²) in [5.74, 6) is -0.224. The summed E-state index contributed by atoms with van der Waals surface area (Å²) >= 11 is 3.24. The first-order chi connectivity index (χ1) is 12.9. The normalized spacial score (nSPS) is 11.3. The standard InChI is InChI=1S/C19H23BrN2O4S/c1-2-26-14-16-7-4-3-6-15(16)13-21-19(23)10-11-22-27(24,25)18-9-5-8-17(20)12-18/h3-9,12,22H,2,10-11,13-14H2,1H3,(H,21,23). The van der Waals surface area contributed by atoms with Crippen LogP contribution in [-0.4, -0.2) is 27.5 Å². The maximum Gasteiger partial charge on any atom is 0.240 e. The van der Waals surface area contributed by atoms with E-state index in [-0.39, 0.29) is 23.8 Å². The zero-order chi connectivity index (χ0) is 19.7. The van der Waals surface area contributed by atoms with Crippen LogP contribution in [0.15, 0.2) is 57.9 Å². The van der Waals surface area contributed by atoms with E-state index in [1.54, 1.807) is 12.1 Å². The minimum atomic E-state index is -3.64. The highest BCUT2D eigenvalue weighted by Crippen LogP contribution is 2.15. The van der Waals surface area contributed by atoms with E-state index in [2.05, 4.69) is 26.0 Å². The molecule has 2 aromatic rings. The average Bonchev–Trinajstić information content (AvgIpc) is 2.65. The van der Waals surface area contributed by atoms with Crippen LogP contribution < -0.4 is 10.0 Å². The van der Waals surface area contributed by atoms with Crippen LogP contribution in [0.2, 0.25) is 0 Å². The number of carbonyl (C=O) groups excluding carboxylic acids is 1. The maximum atomic E-state index is 12.2. The van der Waals surface area contributed by atoms with Gasteiger partial charge in [0.05, 0.1) is 11.5 Å².